The van der Waals surface area contributed by atoms with E-state index in [2.05, 4.69) is 23.2 Å². The molecule has 2 aromatic heterocycles. The van der Waals surface area contributed by atoms with Crippen LogP contribution >= 0.6 is 11.3 Å². The van der Waals surface area contributed by atoms with Gasteiger partial charge in [-0.1, -0.05) is 36.4 Å². The Bertz CT molecular complexity index is 866. The minimum Gasteiger partial charge on any atom is -0.462 e. The van der Waals surface area contributed by atoms with E-state index in [1.807, 2.05) is 35.2 Å². The molecular weight excluding hydrogens is 320 g/mol. The Hall–Kier alpha value is -2.66. The molecule has 5 heteroatoms. The van der Waals surface area contributed by atoms with Crippen LogP contribution in [0.4, 0.5) is 0 Å². The summed E-state index contributed by atoms with van der Waals surface area (Å²) in [6.45, 7) is 1.34. The van der Waals surface area contributed by atoms with Crippen LogP contribution in [0.5, 0.6) is 0 Å². The van der Waals surface area contributed by atoms with Gasteiger partial charge in [0.2, 0.25) is 0 Å². The molecule has 0 unspecified atom stereocenters. The molecule has 0 spiro atoms. The summed E-state index contributed by atoms with van der Waals surface area (Å²) in [5.41, 5.74) is 3.02. The van der Waals surface area contributed by atoms with Gasteiger partial charge in [0.05, 0.1) is 6.26 Å². The van der Waals surface area contributed by atoms with Crippen molar-refractivity contribution in [2.75, 3.05) is 13.1 Å². The first-order chi connectivity index (χ1) is 11.8. The van der Waals surface area contributed by atoms with Gasteiger partial charge in [-0.25, -0.2) is 4.98 Å². The highest BCUT2D eigenvalue weighted by Gasteiger charge is 2.22. The van der Waals surface area contributed by atoms with Crippen molar-refractivity contribution in [1.29, 1.82) is 0 Å². The highest BCUT2D eigenvalue weighted by molar-refractivity contribution is 7.13. The second-order valence-corrected chi connectivity index (χ2v) is 6.47. The van der Waals surface area contributed by atoms with E-state index in [0.29, 0.717) is 24.5 Å². The Balaban J connectivity index is 1.48. The molecule has 0 bridgehead atoms. The molecule has 120 valence electrons. The molecule has 4 nitrogen and oxygen atoms in total. The highest BCUT2D eigenvalue weighted by Crippen LogP contribution is 2.26. The van der Waals surface area contributed by atoms with E-state index in [-0.39, 0.29) is 5.91 Å². The van der Waals surface area contributed by atoms with Gasteiger partial charge in [0.15, 0.2) is 10.8 Å². The van der Waals surface area contributed by atoms with Crippen LogP contribution in [-0.4, -0.2) is 28.9 Å². The summed E-state index contributed by atoms with van der Waals surface area (Å²) in [5.74, 6) is 0.677. The number of furan rings is 1. The average molecular weight is 336 g/mol. The molecule has 1 amide bonds. The Kier molecular flexibility index (Phi) is 4.01. The zero-order valence-corrected chi connectivity index (χ0v) is 13.8. The van der Waals surface area contributed by atoms with E-state index < -0.39 is 0 Å². The van der Waals surface area contributed by atoms with Crippen molar-refractivity contribution >= 4 is 22.8 Å². The molecule has 3 aromatic rings. The average Bonchev–Trinajstić information content (AvgIpc) is 3.33. The number of carbonyl (C=O) groups excluding carboxylic acids is 1. The summed E-state index contributed by atoms with van der Waals surface area (Å²) in [5, 5.41) is 2.54. The fraction of sp³-hybridized carbons (Fsp3) is 0.158. The Morgan fingerprint density at radius 3 is 2.75 bits per heavy atom. The first-order valence-corrected chi connectivity index (χ1v) is 8.72. The third kappa shape index (κ3) is 2.90. The van der Waals surface area contributed by atoms with Gasteiger partial charge in [0.25, 0.3) is 5.91 Å². The van der Waals surface area contributed by atoms with E-state index in [9.17, 15) is 4.79 Å². The summed E-state index contributed by atoms with van der Waals surface area (Å²) in [4.78, 5) is 18.9. The molecule has 3 heterocycles. The van der Waals surface area contributed by atoms with E-state index in [4.69, 9.17) is 4.42 Å². The number of nitrogens with zero attached hydrogens (tertiary/aromatic N) is 2. The number of aromatic nitrogens is 1. The lowest BCUT2D eigenvalue weighted by molar-refractivity contribution is 0.0768. The predicted octanol–water partition coefficient (Wildman–Crippen LogP) is 4.33. The number of rotatable bonds is 3. The molecule has 0 saturated heterocycles. The summed E-state index contributed by atoms with van der Waals surface area (Å²) < 4.78 is 5.33. The van der Waals surface area contributed by atoms with Crippen molar-refractivity contribution in [3.05, 3.63) is 71.4 Å². The Labute approximate surface area is 144 Å². The second kappa shape index (κ2) is 6.45. The predicted molar refractivity (Wildman–Crippen MR) is 94.8 cm³/mol. The summed E-state index contributed by atoms with van der Waals surface area (Å²) in [6.07, 6.45) is 4.61. The molecule has 0 aliphatic carbocycles. The van der Waals surface area contributed by atoms with Crippen LogP contribution in [0.15, 0.2) is 64.6 Å². The quantitative estimate of drug-likeness (QED) is 0.715. The normalized spacial score (nSPS) is 14.5. The fourth-order valence-electron chi connectivity index (χ4n) is 2.82. The van der Waals surface area contributed by atoms with Gasteiger partial charge >= 0.3 is 0 Å². The third-order valence-electron chi connectivity index (χ3n) is 4.10. The zero-order valence-electron chi connectivity index (χ0n) is 13.0. The molecule has 0 radical (unpaired) electrons. The zero-order chi connectivity index (χ0) is 16.4. The Morgan fingerprint density at radius 1 is 1.17 bits per heavy atom. The number of carbonyl (C=O) groups is 1. The molecule has 1 aromatic carbocycles. The van der Waals surface area contributed by atoms with Gasteiger partial charge in [-0.2, -0.15) is 0 Å². The number of hydrogen-bond donors (Lipinski definition) is 0. The lowest BCUT2D eigenvalue weighted by Crippen LogP contribution is -2.34. The van der Waals surface area contributed by atoms with Crippen LogP contribution in [0.1, 0.15) is 22.5 Å². The van der Waals surface area contributed by atoms with E-state index in [0.717, 1.165) is 11.4 Å². The molecular formula is C19H16N2O2S. The van der Waals surface area contributed by atoms with Gasteiger partial charge in [-0.15, -0.1) is 11.3 Å². The molecule has 0 fully saturated rings. The molecule has 0 saturated carbocycles. The maximum absolute atomic E-state index is 12.6. The fourth-order valence-corrected chi connectivity index (χ4v) is 3.58. The second-order valence-electron chi connectivity index (χ2n) is 5.61. The summed E-state index contributed by atoms with van der Waals surface area (Å²) >= 11 is 1.43. The first-order valence-electron chi connectivity index (χ1n) is 7.84. The number of hydrogen-bond acceptors (Lipinski definition) is 4. The van der Waals surface area contributed by atoms with Crippen LogP contribution in [0.2, 0.25) is 0 Å². The van der Waals surface area contributed by atoms with Gasteiger partial charge in [-0.05, 0) is 29.7 Å². The van der Waals surface area contributed by atoms with Crippen molar-refractivity contribution in [1.82, 2.24) is 9.88 Å². The smallest absolute Gasteiger partial charge is 0.273 e. The van der Waals surface area contributed by atoms with Crippen LogP contribution in [0, 0.1) is 0 Å². The highest BCUT2D eigenvalue weighted by atomic mass is 32.1. The minimum absolute atomic E-state index is 0.0209. The maximum atomic E-state index is 12.6. The van der Waals surface area contributed by atoms with Crippen LogP contribution < -0.4 is 0 Å². The summed E-state index contributed by atoms with van der Waals surface area (Å²) in [7, 11) is 0. The molecule has 24 heavy (non-hydrogen) atoms. The first kappa shape index (κ1) is 14.9. The van der Waals surface area contributed by atoms with Crippen LogP contribution in [0.3, 0.4) is 0 Å². The largest absolute Gasteiger partial charge is 0.462 e. The van der Waals surface area contributed by atoms with Crippen molar-refractivity contribution < 1.29 is 9.21 Å². The van der Waals surface area contributed by atoms with Gasteiger partial charge in [-0.3, -0.25) is 4.79 Å². The minimum atomic E-state index is -0.0209. The SMILES string of the molecule is O=C(c1csc(-c2ccco2)n1)N1CC=C(c2ccccc2)CC1. The number of thiazole rings is 1. The van der Waals surface area contributed by atoms with Gasteiger partial charge in [0, 0.05) is 18.5 Å². The van der Waals surface area contributed by atoms with Crippen LogP contribution in [-0.2, 0) is 0 Å². The molecule has 0 N–H and O–H groups in total. The van der Waals surface area contributed by atoms with Crippen molar-refractivity contribution in [3.8, 4) is 10.8 Å². The Morgan fingerprint density at radius 2 is 2.04 bits per heavy atom. The lowest BCUT2D eigenvalue weighted by Gasteiger charge is -2.26. The standard InChI is InChI=1S/C19H16N2O2S/c22-19(16-13-24-18(20-16)17-7-4-12-23-17)21-10-8-15(9-11-21)14-5-2-1-3-6-14/h1-8,12-13H,9-11H2. The summed E-state index contributed by atoms with van der Waals surface area (Å²) in [6, 6.07) is 14.0. The lowest BCUT2D eigenvalue weighted by atomic mass is 9.99. The maximum Gasteiger partial charge on any atom is 0.273 e. The van der Waals surface area contributed by atoms with Gasteiger partial charge in [0.1, 0.15) is 5.69 Å². The molecule has 4 rings (SSSR count). The topological polar surface area (TPSA) is 46.3 Å². The van der Waals surface area contributed by atoms with Crippen molar-refractivity contribution in [2.45, 2.75) is 6.42 Å². The van der Waals surface area contributed by atoms with E-state index in [1.54, 1.807) is 11.6 Å². The van der Waals surface area contributed by atoms with Gasteiger partial charge < -0.3 is 9.32 Å². The molecule has 0 atom stereocenters. The monoisotopic (exact) mass is 336 g/mol. The molecule has 1 aliphatic rings. The number of benzene rings is 1. The van der Waals surface area contributed by atoms with Crippen molar-refractivity contribution in [2.24, 2.45) is 0 Å². The van der Waals surface area contributed by atoms with E-state index in [1.165, 1.54) is 22.5 Å². The van der Waals surface area contributed by atoms with Crippen molar-refractivity contribution in [3.63, 3.8) is 0 Å². The number of amides is 1. The van der Waals surface area contributed by atoms with E-state index >= 15 is 0 Å². The molecule has 1 aliphatic heterocycles. The van der Waals surface area contributed by atoms with Crippen LogP contribution in [0.25, 0.3) is 16.3 Å². The third-order valence-corrected chi connectivity index (χ3v) is 4.95.